The number of amides is 1. The van der Waals surface area contributed by atoms with Crippen LogP contribution < -0.4 is 4.74 Å². The van der Waals surface area contributed by atoms with Crippen molar-refractivity contribution in [1.29, 1.82) is 0 Å². The molecular formula is C23H29N7O2. The van der Waals surface area contributed by atoms with E-state index in [1.54, 1.807) is 18.0 Å². The summed E-state index contributed by atoms with van der Waals surface area (Å²) < 4.78 is 6.97. The lowest BCUT2D eigenvalue weighted by Gasteiger charge is -2.34. The van der Waals surface area contributed by atoms with Gasteiger partial charge < -0.3 is 14.5 Å². The van der Waals surface area contributed by atoms with E-state index >= 15 is 0 Å². The average Bonchev–Trinajstić information content (AvgIpc) is 3.46. The van der Waals surface area contributed by atoms with E-state index in [0.29, 0.717) is 23.0 Å². The van der Waals surface area contributed by atoms with Crippen LogP contribution in [0, 0.1) is 11.8 Å². The Kier molecular flexibility index (Phi) is 5.73. The summed E-state index contributed by atoms with van der Waals surface area (Å²) in [6, 6.07) is 7.64. The molecule has 9 heteroatoms. The van der Waals surface area contributed by atoms with Gasteiger partial charge in [-0.1, -0.05) is 5.21 Å². The summed E-state index contributed by atoms with van der Waals surface area (Å²) in [6.07, 6.45) is 5.44. The Morgan fingerprint density at radius 3 is 2.66 bits per heavy atom. The zero-order valence-electron chi connectivity index (χ0n) is 18.6. The van der Waals surface area contributed by atoms with Crippen molar-refractivity contribution in [3.63, 3.8) is 0 Å². The van der Waals surface area contributed by atoms with Gasteiger partial charge >= 0.3 is 0 Å². The molecule has 1 aromatic carbocycles. The molecule has 0 spiro atoms. The molecule has 2 atom stereocenters. The third kappa shape index (κ3) is 4.17. The summed E-state index contributed by atoms with van der Waals surface area (Å²) in [4.78, 5) is 26.6. The number of nitrogens with zero attached hydrogens (tertiary/aromatic N) is 7. The van der Waals surface area contributed by atoms with Crippen LogP contribution >= 0.6 is 0 Å². The summed E-state index contributed by atoms with van der Waals surface area (Å²) >= 11 is 0. The quantitative estimate of drug-likeness (QED) is 0.605. The minimum absolute atomic E-state index is 0.138. The maximum atomic E-state index is 12.9. The van der Waals surface area contributed by atoms with Crippen LogP contribution in [0.1, 0.15) is 25.1 Å². The van der Waals surface area contributed by atoms with Crippen LogP contribution in [0.2, 0.25) is 0 Å². The smallest absolute Gasteiger partial charge is 0.225 e. The molecule has 2 fully saturated rings. The van der Waals surface area contributed by atoms with E-state index in [2.05, 4.69) is 32.1 Å². The summed E-state index contributed by atoms with van der Waals surface area (Å²) in [5.41, 5.74) is 2.24. The van der Waals surface area contributed by atoms with Gasteiger partial charge in [0.2, 0.25) is 5.91 Å². The number of likely N-dealkylation sites (N-methyl/N-ethyl adjacent to an activating group) is 1. The fraction of sp³-hybridized carbons (Fsp3) is 0.522. The van der Waals surface area contributed by atoms with Crippen molar-refractivity contribution >= 4 is 17.1 Å². The third-order valence-electron chi connectivity index (χ3n) is 6.74. The maximum Gasteiger partial charge on any atom is 0.225 e. The van der Waals surface area contributed by atoms with Crippen molar-refractivity contribution in [3.05, 3.63) is 36.3 Å². The molecule has 3 aromatic rings. The van der Waals surface area contributed by atoms with Crippen molar-refractivity contribution in [2.45, 2.75) is 25.7 Å². The standard InChI is InChI=1S/C23H29N7O2/c1-28-9-11-29(12-10-28)23(31)17-4-3-16(13-17)14-21-24-15-20-22(25-21)30(27-26-20)18-5-7-19(32-2)8-6-18/h5-8,15-17H,3-4,9-14H2,1-2H3/t16-,17-/m1/s1. The molecule has 1 saturated heterocycles. The molecule has 1 saturated carbocycles. The van der Waals surface area contributed by atoms with Crippen LogP contribution in [0.5, 0.6) is 5.75 Å². The van der Waals surface area contributed by atoms with E-state index < -0.39 is 0 Å². The van der Waals surface area contributed by atoms with Gasteiger partial charge in [-0.05, 0) is 56.5 Å². The molecule has 1 aliphatic heterocycles. The summed E-state index contributed by atoms with van der Waals surface area (Å²) in [7, 11) is 3.76. The number of fused-ring (bicyclic) bond motifs is 1. The third-order valence-corrected chi connectivity index (χ3v) is 6.74. The number of carbonyl (C=O) groups excluding carboxylic acids is 1. The van der Waals surface area contributed by atoms with Gasteiger partial charge in [-0.15, -0.1) is 5.10 Å². The van der Waals surface area contributed by atoms with Gasteiger partial charge in [-0.2, -0.15) is 4.68 Å². The molecule has 2 aliphatic rings. The molecule has 0 unspecified atom stereocenters. The predicted molar refractivity (Wildman–Crippen MR) is 120 cm³/mol. The van der Waals surface area contributed by atoms with Gasteiger partial charge in [0, 0.05) is 38.5 Å². The number of methoxy groups -OCH3 is 1. The second-order valence-corrected chi connectivity index (χ2v) is 8.90. The number of rotatable bonds is 5. The molecule has 5 rings (SSSR count). The van der Waals surface area contributed by atoms with E-state index in [9.17, 15) is 4.79 Å². The Labute approximate surface area is 187 Å². The molecule has 2 aromatic heterocycles. The van der Waals surface area contributed by atoms with Gasteiger partial charge in [0.25, 0.3) is 0 Å². The second-order valence-electron chi connectivity index (χ2n) is 8.90. The van der Waals surface area contributed by atoms with Crippen LogP contribution in [0.4, 0.5) is 0 Å². The highest BCUT2D eigenvalue weighted by atomic mass is 16.5. The molecule has 1 aliphatic carbocycles. The monoisotopic (exact) mass is 435 g/mol. The second kappa shape index (κ2) is 8.82. The number of carbonyl (C=O) groups is 1. The molecule has 32 heavy (non-hydrogen) atoms. The SMILES string of the molecule is COc1ccc(-n2nnc3cnc(C[C@@H]4CC[C@@H](C(=O)N5CCN(C)CC5)C4)nc32)cc1. The largest absolute Gasteiger partial charge is 0.497 e. The highest BCUT2D eigenvalue weighted by molar-refractivity contribution is 5.79. The summed E-state index contributed by atoms with van der Waals surface area (Å²) in [5, 5.41) is 8.46. The fourth-order valence-corrected chi connectivity index (χ4v) is 4.79. The number of aromatic nitrogens is 5. The topological polar surface area (TPSA) is 89.3 Å². The molecule has 0 N–H and O–H groups in total. The zero-order chi connectivity index (χ0) is 22.1. The Hall–Kier alpha value is -3.07. The van der Waals surface area contributed by atoms with Crippen molar-refractivity contribution in [2.75, 3.05) is 40.3 Å². The molecule has 0 radical (unpaired) electrons. The van der Waals surface area contributed by atoms with Crippen LogP contribution in [0.15, 0.2) is 30.5 Å². The van der Waals surface area contributed by atoms with Crippen LogP contribution in [0.3, 0.4) is 0 Å². The lowest BCUT2D eigenvalue weighted by molar-refractivity contribution is -0.137. The van der Waals surface area contributed by atoms with Crippen molar-refractivity contribution < 1.29 is 9.53 Å². The van der Waals surface area contributed by atoms with Crippen molar-refractivity contribution in [2.24, 2.45) is 11.8 Å². The van der Waals surface area contributed by atoms with E-state index in [1.807, 2.05) is 24.3 Å². The average molecular weight is 436 g/mol. The van der Waals surface area contributed by atoms with E-state index in [4.69, 9.17) is 9.72 Å². The molecule has 0 bridgehead atoms. The van der Waals surface area contributed by atoms with Gasteiger partial charge in [-0.25, -0.2) is 9.97 Å². The minimum Gasteiger partial charge on any atom is -0.497 e. The Bertz CT molecular complexity index is 1090. The first-order chi connectivity index (χ1) is 15.6. The maximum absolute atomic E-state index is 12.9. The highest BCUT2D eigenvalue weighted by Crippen LogP contribution is 2.34. The number of hydrogen-bond acceptors (Lipinski definition) is 7. The number of benzene rings is 1. The minimum atomic E-state index is 0.138. The van der Waals surface area contributed by atoms with Gasteiger partial charge in [0.05, 0.1) is 19.0 Å². The lowest BCUT2D eigenvalue weighted by Crippen LogP contribution is -2.48. The summed E-state index contributed by atoms with van der Waals surface area (Å²) in [5.74, 6) is 2.47. The number of hydrogen-bond donors (Lipinski definition) is 0. The van der Waals surface area contributed by atoms with E-state index in [-0.39, 0.29) is 5.92 Å². The Morgan fingerprint density at radius 2 is 1.91 bits per heavy atom. The van der Waals surface area contributed by atoms with Crippen LogP contribution in [0.25, 0.3) is 16.9 Å². The van der Waals surface area contributed by atoms with Gasteiger partial charge in [0.15, 0.2) is 11.2 Å². The van der Waals surface area contributed by atoms with Crippen molar-refractivity contribution in [3.8, 4) is 11.4 Å². The number of piperazine rings is 1. The van der Waals surface area contributed by atoms with Gasteiger partial charge in [0.1, 0.15) is 11.6 Å². The molecular weight excluding hydrogens is 406 g/mol. The predicted octanol–water partition coefficient (Wildman–Crippen LogP) is 1.95. The Balaban J connectivity index is 1.27. The highest BCUT2D eigenvalue weighted by Gasteiger charge is 2.34. The fourth-order valence-electron chi connectivity index (χ4n) is 4.79. The van der Waals surface area contributed by atoms with E-state index in [1.165, 1.54) is 0 Å². The number of ether oxygens (including phenoxy) is 1. The first-order valence-electron chi connectivity index (χ1n) is 11.3. The van der Waals surface area contributed by atoms with E-state index in [0.717, 1.165) is 69.1 Å². The van der Waals surface area contributed by atoms with Crippen molar-refractivity contribution in [1.82, 2.24) is 34.8 Å². The molecule has 3 heterocycles. The first-order valence-corrected chi connectivity index (χ1v) is 11.3. The first kappa shape index (κ1) is 20.8. The zero-order valence-corrected chi connectivity index (χ0v) is 18.6. The Morgan fingerprint density at radius 1 is 1.12 bits per heavy atom. The van der Waals surface area contributed by atoms with Crippen LogP contribution in [-0.4, -0.2) is 81.0 Å². The molecule has 1 amide bonds. The molecule has 168 valence electrons. The normalized spacial score (nSPS) is 21.9. The van der Waals surface area contributed by atoms with Gasteiger partial charge in [-0.3, -0.25) is 4.79 Å². The van der Waals surface area contributed by atoms with Crippen LogP contribution in [-0.2, 0) is 11.2 Å². The molecule has 9 nitrogen and oxygen atoms in total. The summed E-state index contributed by atoms with van der Waals surface area (Å²) in [6.45, 7) is 3.62. The lowest BCUT2D eigenvalue weighted by atomic mass is 10.00.